The van der Waals surface area contributed by atoms with E-state index in [1.807, 2.05) is 6.92 Å². The van der Waals surface area contributed by atoms with Gasteiger partial charge < -0.3 is 4.84 Å². The molecule has 2 heterocycles. The molecule has 2 aliphatic rings. The van der Waals surface area contributed by atoms with E-state index >= 15 is 0 Å². The van der Waals surface area contributed by atoms with Gasteiger partial charge in [-0.25, -0.2) is 4.90 Å². The van der Waals surface area contributed by atoms with Gasteiger partial charge in [0, 0.05) is 10.6 Å². The van der Waals surface area contributed by atoms with Crippen LogP contribution in [0, 0.1) is 12.8 Å². The summed E-state index contributed by atoms with van der Waals surface area (Å²) in [5.74, 6) is -2.53. The second kappa shape index (κ2) is 6.07. The summed E-state index contributed by atoms with van der Waals surface area (Å²) in [6, 6.07) is 13.2. The van der Waals surface area contributed by atoms with Crippen molar-refractivity contribution in [3.8, 4) is 0 Å². The maximum atomic E-state index is 12.8. The molecule has 26 heavy (non-hydrogen) atoms. The van der Waals surface area contributed by atoms with Crippen LogP contribution in [0.25, 0.3) is 0 Å². The lowest BCUT2D eigenvalue weighted by atomic mass is 9.93. The molecular weight excluding hydrogens is 356 g/mol. The third-order valence-electron chi connectivity index (χ3n) is 4.44. The summed E-state index contributed by atoms with van der Waals surface area (Å²) in [5.41, 5.74) is 1.73. The molecule has 1 saturated heterocycles. The summed E-state index contributed by atoms with van der Waals surface area (Å²) in [4.78, 5) is 44.3. The fraction of sp³-hybridized carbons (Fsp3) is 0.158. The van der Waals surface area contributed by atoms with E-state index in [4.69, 9.17) is 16.4 Å². The van der Waals surface area contributed by atoms with Gasteiger partial charge in [0.1, 0.15) is 11.6 Å². The van der Waals surface area contributed by atoms with Gasteiger partial charge in [0.25, 0.3) is 5.91 Å². The highest BCUT2D eigenvalue weighted by Crippen LogP contribution is 2.34. The number of amides is 2. The molecule has 0 aromatic heterocycles. The van der Waals surface area contributed by atoms with Crippen molar-refractivity contribution in [3.63, 3.8) is 0 Å². The molecule has 2 aliphatic heterocycles. The molecule has 0 spiro atoms. The van der Waals surface area contributed by atoms with Crippen LogP contribution >= 0.6 is 11.6 Å². The third kappa shape index (κ3) is 2.50. The average molecular weight is 369 g/mol. The Balaban J connectivity index is 1.65. The van der Waals surface area contributed by atoms with E-state index in [0.29, 0.717) is 16.3 Å². The number of Topliss-reactive ketones (excluding diaryl/α,β-unsaturated/α-hetero) is 1. The summed E-state index contributed by atoms with van der Waals surface area (Å²) >= 11 is 5.85. The molecular formula is C19H13ClN2O4. The molecule has 6 nitrogen and oxygen atoms in total. The lowest BCUT2D eigenvalue weighted by molar-refractivity contribution is -0.126. The molecule has 0 N–H and O–H groups in total. The monoisotopic (exact) mass is 368 g/mol. The summed E-state index contributed by atoms with van der Waals surface area (Å²) in [5, 5.41) is 4.23. The van der Waals surface area contributed by atoms with E-state index in [0.717, 1.165) is 10.5 Å². The maximum absolute atomic E-state index is 12.8. The van der Waals surface area contributed by atoms with Crippen LogP contribution in [0.5, 0.6) is 0 Å². The maximum Gasteiger partial charge on any atom is 0.278 e. The number of halogens is 1. The van der Waals surface area contributed by atoms with Gasteiger partial charge in [-0.1, -0.05) is 46.6 Å². The number of anilines is 1. The predicted molar refractivity (Wildman–Crippen MR) is 95.3 cm³/mol. The minimum absolute atomic E-state index is 0.0475. The van der Waals surface area contributed by atoms with Gasteiger partial charge in [-0.05, 0) is 31.2 Å². The molecule has 0 radical (unpaired) electrons. The van der Waals surface area contributed by atoms with Crippen molar-refractivity contribution in [2.24, 2.45) is 11.1 Å². The van der Waals surface area contributed by atoms with Crippen molar-refractivity contribution >= 4 is 40.6 Å². The van der Waals surface area contributed by atoms with E-state index in [9.17, 15) is 14.4 Å². The first kappa shape index (κ1) is 16.5. The summed E-state index contributed by atoms with van der Waals surface area (Å²) < 4.78 is 0. The zero-order chi connectivity index (χ0) is 18.4. The molecule has 2 aromatic carbocycles. The Morgan fingerprint density at radius 3 is 2.35 bits per heavy atom. The number of oxime groups is 1. The van der Waals surface area contributed by atoms with Gasteiger partial charge in [0.05, 0.1) is 5.69 Å². The molecule has 0 saturated carbocycles. The molecule has 2 atom stereocenters. The van der Waals surface area contributed by atoms with Crippen LogP contribution in [0.1, 0.15) is 15.9 Å². The van der Waals surface area contributed by atoms with E-state index in [2.05, 4.69) is 5.16 Å². The SMILES string of the molecule is Cc1ccc(C(=O)C2=NO[C@H]3C(=O)N(c4ccc(Cl)cc4)C(=O)[C@H]23)cc1. The normalized spacial score (nSPS) is 21.5. The van der Waals surface area contributed by atoms with Gasteiger partial charge >= 0.3 is 0 Å². The van der Waals surface area contributed by atoms with Crippen LogP contribution in [0.3, 0.4) is 0 Å². The van der Waals surface area contributed by atoms with Crippen molar-refractivity contribution in [2.45, 2.75) is 13.0 Å². The number of carbonyl (C=O) groups excluding carboxylic acids is 3. The Hall–Kier alpha value is -2.99. The van der Waals surface area contributed by atoms with Crippen molar-refractivity contribution in [1.29, 1.82) is 0 Å². The zero-order valence-corrected chi connectivity index (χ0v) is 14.4. The van der Waals surface area contributed by atoms with Crippen LogP contribution in [0.4, 0.5) is 5.69 Å². The topological polar surface area (TPSA) is 76.0 Å². The number of imide groups is 1. The second-order valence-corrected chi connectivity index (χ2v) is 6.60. The summed E-state index contributed by atoms with van der Waals surface area (Å²) in [6.07, 6.45) is -1.11. The van der Waals surface area contributed by atoms with Crippen molar-refractivity contribution in [1.82, 2.24) is 0 Å². The van der Waals surface area contributed by atoms with Crippen LogP contribution in [-0.4, -0.2) is 29.4 Å². The number of aryl methyl sites for hydroxylation is 1. The molecule has 0 unspecified atom stereocenters. The molecule has 2 aromatic rings. The Morgan fingerprint density at radius 2 is 1.69 bits per heavy atom. The van der Waals surface area contributed by atoms with E-state index in [-0.39, 0.29) is 5.71 Å². The van der Waals surface area contributed by atoms with Crippen LogP contribution < -0.4 is 4.90 Å². The van der Waals surface area contributed by atoms with Gasteiger partial charge in [-0.3, -0.25) is 14.4 Å². The fourth-order valence-corrected chi connectivity index (χ4v) is 3.19. The number of hydrogen-bond donors (Lipinski definition) is 0. The Bertz CT molecular complexity index is 951. The van der Waals surface area contributed by atoms with E-state index < -0.39 is 29.6 Å². The van der Waals surface area contributed by atoms with Crippen molar-refractivity contribution in [3.05, 3.63) is 64.7 Å². The lowest BCUT2D eigenvalue weighted by Crippen LogP contribution is -2.34. The standard InChI is InChI=1S/C19H13ClN2O4/c1-10-2-4-11(5-3-10)16(23)15-14-17(26-21-15)19(25)22(18(14)24)13-8-6-12(20)7-9-13/h2-9,14,17H,1H3/t14-,17-/m1/s1. The molecule has 0 aliphatic carbocycles. The molecule has 4 rings (SSSR count). The Labute approximate surface area is 154 Å². The second-order valence-electron chi connectivity index (χ2n) is 6.16. The van der Waals surface area contributed by atoms with Gasteiger partial charge in [0.15, 0.2) is 0 Å². The molecule has 130 valence electrons. The highest BCUT2D eigenvalue weighted by molar-refractivity contribution is 6.52. The predicted octanol–water partition coefficient (Wildman–Crippen LogP) is 2.78. The number of nitrogens with zero attached hydrogens (tertiary/aromatic N) is 2. The van der Waals surface area contributed by atoms with Crippen LogP contribution in [0.15, 0.2) is 53.7 Å². The van der Waals surface area contributed by atoms with Crippen LogP contribution in [0.2, 0.25) is 5.02 Å². The number of hydrogen-bond acceptors (Lipinski definition) is 5. The van der Waals surface area contributed by atoms with Gasteiger partial charge in [-0.2, -0.15) is 0 Å². The lowest BCUT2D eigenvalue weighted by Gasteiger charge is -2.15. The van der Waals surface area contributed by atoms with Crippen molar-refractivity contribution < 1.29 is 19.2 Å². The largest absolute Gasteiger partial charge is 0.381 e. The minimum atomic E-state index is -1.11. The highest BCUT2D eigenvalue weighted by atomic mass is 35.5. The third-order valence-corrected chi connectivity index (χ3v) is 4.70. The fourth-order valence-electron chi connectivity index (χ4n) is 3.06. The smallest absolute Gasteiger partial charge is 0.278 e. The highest BCUT2D eigenvalue weighted by Gasteiger charge is 2.57. The summed E-state index contributed by atoms with van der Waals surface area (Å²) in [6.45, 7) is 1.91. The molecule has 1 fully saturated rings. The number of ketones is 1. The first-order valence-corrected chi connectivity index (χ1v) is 8.33. The van der Waals surface area contributed by atoms with Gasteiger partial charge in [-0.15, -0.1) is 0 Å². The first-order chi connectivity index (χ1) is 12.5. The molecule has 2 amide bonds. The van der Waals surface area contributed by atoms with Crippen LogP contribution in [-0.2, 0) is 14.4 Å². The van der Waals surface area contributed by atoms with E-state index in [1.165, 1.54) is 0 Å². The van der Waals surface area contributed by atoms with Gasteiger partial charge in [0.2, 0.25) is 17.8 Å². The minimum Gasteiger partial charge on any atom is -0.381 e. The first-order valence-electron chi connectivity index (χ1n) is 7.96. The Kier molecular flexibility index (Phi) is 3.85. The quantitative estimate of drug-likeness (QED) is 0.616. The average Bonchev–Trinajstić information content (AvgIpc) is 3.17. The molecule has 0 bridgehead atoms. The Morgan fingerprint density at radius 1 is 1.04 bits per heavy atom. The van der Waals surface area contributed by atoms with Crippen molar-refractivity contribution in [2.75, 3.05) is 4.90 Å². The molecule has 7 heteroatoms. The number of benzene rings is 2. The number of fused-ring (bicyclic) bond motifs is 1. The number of rotatable bonds is 3. The van der Waals surface area contributed by atoms with E-state index in [1.54, 1.807) is 48.5 Å². The number of carbonyl (C=O) groups is 3. The zero-order valence-electron chi connectivity index (χ0n) is 13.7. The summed E-state index contributed by atoms with van der Waals surface area (Å²) in [7, 11) is 0.